The Labute approximate surface area is 184 Å². The van der Waals surface area contributed by atoms with E-state index in [0.29, 0.717) is 14.8 Å². The summed E-state index contributed by atoms with van der Waals surface area (Å²) in [6.07, 6.45) is -5.12. The molecule has 0 atom stereocenters. The van der Waals surface area contributed by atoms with E-state index >= 15 is 0 Å². The van der Waals surface area contributed by atoms with E-state index in [2.05, 4.69) is 3.07 Å². The summed E-state index contributed by atoms with van der Waals surface area (Å²) in [6.45, 7) is 0. The van der Waals surface area contributed by atoms with Crippen LogP contribution in [0.5, 0.6) is 5.75 Å². The Morgan fingerprint density at radius 2 is 1.39 bits per heavy atom. The van der Waals surface area contributed by atoms with Crippen molar-refractivity contribution >= 4 is 38.2 Å². The quantitative estimate of drug-likeness (QED) is 0.377. The number of carbonyl (C=O) groups is 2. The van der Waals surface area contributed by atoms with Crippen LogP contribution in [-0.2, 0) is 7.86 Å². The maximum absolute atomic E-state index is 12.7. The van der Waals surface area contributed by atoms with Crippen LogP contribution in [-0.4, -0.2) is 25.1 Å². The molecule has 0 unspecified atom stereocenters. The van der Waals surface area contributed by atoms with Crippen molar-refractivity contribution in [3.05, 3.63) is 94.1 Å². The second-order valence-electron chi connectivity index (χ2n) is 6.18. The number of rotatable bonds is 6. The van der Waals surface area contributed by atoms with E-state index in [0.717, 1.165) is 0 Å². The molecule has 5 nitrogen and oxygen atoms in total. The molecule has 1 amide bonds. The van der Waals surface area contributed by atoms with Gasteiger partial charge in [0.05, 0.1) is 0 Å². The Morgan fingerprint density at radius 3 is 1.94 bits per heavy atom. The second kappa shape index (κ2) is 9.82. The SMILES string of the molecule is CN(C(=O)c1ccc(OI(OC(=O)C(F)(F)F)c2ccccc2)cc1)c1ccccc1. The van der Waals surface area contributed by atoms with Gasteiger partial charge < -0.3 is 0 Å². The molecular formula is C22H17F3INO4. The molecule has 162 valence electrons. The fourth-order valence-corrected chi connectivity index (χ4v) is 5.39. The van der Waals surface area contributed by atoms with E-state index in [-0.39, 0.29) is 11.7 Å². The average molecular weight is 543 g/mol. The molecular weight excluding hydrogens is 526 g/mol. The van der Waals surface area contributed by atoms with E-state index in [1.165, 1.54) is 29.2 Å². The van der Waals surface area contributed by atoms with Gasteiger partial charge in [-0.2, -0.15) is 0 Å². The standard InChI is InChI=1S/C22H17F3INO4/c1-27(18-10-6-3-7-11-18)20(28)16-12-14-19(15-13-16)30-26(17-8-4-2-5-9-17)31-21(29)22(23,24)25/h2-15H,1H3. The fourth-order valence-electron chi connectivity index (χ4n) is 2.42. The summed E-state index contributed by atoms with van der Waals surface area (Å²) in [5.74, 6) is -2.36. The van der Waals surface area contributed by atoms with E-state index in [1.807, 2.05) is 18.2 Å². The molecule has 3 aromatic carbocycles. The summed E-state index contributed by atoms with van der Waals surface area (Å²) in [5.41, 5.74) is 1.08. The van der Waals surface area contributed by atoms with Gasteiger partial charge in [0, 0.05) is 0 Å². The molecule has 0 heterocycles. The van der Waals surface area contributed by atoms with Crippen molar-refractivity contribution in [1.82, 2.24) is 0 Å². The minimum atomic E-state index is -5.12. The van der Waals surface area contributed by atoms with Crippen LogP contribution in [0.3, 0.4) is 0 Å². The zero-order chi connectivity index (χ0) is 22.4. The zero-order valence-corrected chi connectivity index (χ0v) is 18.3. The van der Waals surface area contributed by atoms with E-state index in [4.69, 9.17) is 3.07 Å². The van der Waals surface area contributed by atoms with Gasteiger partial charge in [0.2, 0.25) is 0 Å². The summed E-state index contributed by atoms with van der Waals surface area (Å²) < 4.78 is 48.7. The first-order valence-corrected chi connectivity index (χ1v) is 11.8. The van der Waals surface area contributed by atoms with Crippen molar-refractivity contribution in [2.45, 2.75) is 6.18 Å². The third kappa shape index (κ3) is 5.97. The van der Waals surface area contributed by atoms with Gasteiger partial charge in [-0.25, -0.2) is 0 Å². The molecule has 0 radical (unpaired) electrons. The number of halogens is 4. The van der Waals surface area contributed by atoms with Crippen LogP contribution in [0, 0.1) is 3.57 Å². The topological polar surface area (TPSA) is 55.8 Å². The van der Waals surface area contributed by atoms with Crippen LogP contribution in [0.15, 0.2) is 84.9 Å². The van der Waals surface area contributed by atoms with Crippen molar-refractivity contribution in [1.29, 1.82) is 0 Å². The molecule has 0 N–H and O–H groups in total. The van der Waals surface area contributed by atoms with Crippen LogP contribution >= 0.6 is 20.6 Å². The molecule has 0 fully saturated rings. The predicted octanol–water partition coefficient (Wildman–Crippen LogP) is 5.65. The first-order chi connectivity index (χ1) is 14.8. The molecule has 31 heavy (non-hydrogen) atoms. The maximum atomic E-state index is 12.7. The van der Waals surface area contributed by atoms with Gasteiger partial charge in [-0.05, 0) is 0 Å². The molecule has 0 saturated carbocycles. The van der Waals surface area contributed by atoms with E-state index < -0.39 is 32.8 Å². The summed E-state index contributed by atoms with van der Waals surface area (Å²) in [6, 6.07) is 23.0. The summed E-state index contributed by atoms with van der Waals surface area (Å²) in [4.78, 5) is 25.5. The van der Waals surface area contributed by atoms with Gasteiger partial charge in [-0.1, -0.05) is 0 Å². The molecule has 0 saturated heterocycles. The summed E-state index contributed by atoms with van der Waals surface area (Å²) >= 11 is -3.46. The van der Waals surface area contributed by atoms with Crippen molar-refractivity contribution in [3.8, 4) is 5.75 Å². The third-order valence-corrected chi connectivity index (χ3v) is 7.44. The van der Waals surface area contributed by atoms with Crippen LogP contribution in [0.2, 0.25) is 0 Å². The second-order valence-corrected chi connectivity index (χ2v) is 9.54. The van der Waals surface area contributed by atoms with Crippen molar-refractivity contribution < 1.29 is 28.9 Å². The van der Waals surface area contributed by atoms with Crippen LogP contribution < -0.4 is 7.97 Å². The van der Waals surface area contributed by atoms with Crippen molar-refractivity contribution in [3.63, 3.8) is 0 Å². The molecule has 0 aliphatic heterocycles. The van der Waals surface area contributed by atoms with Gasteiger partial charge in [0.25, 0.3) is 0 Å². The Kier molecular flexibility index (Phi) is 7.16. The zero-order valence-electron chi connectivity index (χ0n) is 16.2. The molecule has 0 bridgehead atoms. The normalized spacial score (nSPS) is 11.4. The number of alkyl halides is 3. The molecule has 9 heteroatoms. The fraction of sp³-hybridized carbons (Fsp3) is 0.0909. The number of hydrogen-bond donors (Lipinski definition) is 0. The van der Waals surface area contributed by atoms with E-state index in [9.17, 15) is 22.8 Å². The first-order valence-electron chi connectivity index (χ1n) is 8.92. The molecule has 0 spiro atoms. The minimum absolute atomic E-state index is 0.197. The summed E-state index contributed by atoms with van der Waals surface area (Å²) in [7, 11) is 1.64. The molecule has 0 aromatic heterocycles. The first kappa shape index (κ1) is 22.6. The van der Waals surface area contributed by atoms with Gasteiger partial charge in [0.1, 0.15) is 0 Å². The van der Waals surface area contributed by atoms with Gasteiger partial charge in [0.15, 0.2) is 0 Å². The predicted molar refractivity (Wildman–Crippen MR) is 118 cm³/mol. The van der Waals surface area contributed by atoms with Gasteiger partial charge >= 0.3 is 185 Å². The van der Waals surface area contributed by atoms with Crippen LogP contribution in [0.4, 0.5) is 18.9 Å². The number of amides is 1. The number of carbonyl (C=O) groups excluding carboxylic acids is 2. The number of para-hydroxylation sites is 1. The Morgan fingerprint density at radius 1 is 0.839 bits per heavy atom. The molecule has 3 rings (SSSR count). The van der Waals surface area contributed by atoms with Crippen molar-refractivity contribution in [2.75, 3.05) is 11.9 Å². The van der Waals surface area contributed by atoms with Crippen LogP contribution in [0.25, 0.3) is 0 Å². The van der Waals surface area contributed by atoms with E-state index in [1.54, 1.807) is 49.5 Å². The number of hydrogen-bond acceptors (Lipinski definition) is 4. The Balaban J connectivity index is 1.76. The molecule has 0 aliphatic rings. The summed E-state index contributed by atoms with van der Waals surface area (Å²) in [5, 5.41) is 0. The Bertz CT molecular complexity index is 1030. The van der Waals surface area contributed by atoms with Gasteiger partial charge in [-0.15, -0.1) is 0 Å². The van der Waals surface area contributed by atoms with Crippen molar-refractivity contribution in [2.24, 2.45) is 0 Å². The number of benzene rings is 3. The number of nitrogens with zero attached hydrogens (tertiary/aromatic N) is 1. The van der Waals surface area contributed by atoms with Crippen LogP contribution in [0.1, 0.15) is 10.4 Å². The molecule has 0 aliphatic carbocycles. The molecule has 3 aromatic rings. The Hall–Kier alpha value is -3.08. The average Bonchev–Trinajstić information content (AvgIpc) is 2.78. The van der Waals surface area contributed by atoms with Gasteiger partial charge in [-0.3, -0.25) is 0 Å². The monoisotopic (exact) mass is 543 g/mol. The third-order valence-electron chi connectivity index (χ3n) is 3.99. The number of anilines is 1.